The third-order valence-electron chi connectivity index (χ3n) is 1.62. The fraction of sp³-hybridized carbons (Fsp3) is 0.667. The van der Waals surface area contributed by atoms with Crippen molar-refractivity contribution in [1.29, 1.82) is 0 Å². The molecule has 0 saturated heterocycles. The number of hydrogen-bond acceptors (Lipinski definition) is 2. The van der Waals surface area contributed by atoms with Gasteiger partial charge in [-0.3, -0.25) is 4.68 Å². The van der Waals surface area contributed by atoms with Gasteiger partial charge in [-0.05, 0) is 12.8 Å². The highest BCUT2D eigenvalue weighted by molar-refractivity contribution is 5.08. The first-order valence-electron chi connectivity index (χ1n) is 3.22. The molecule has 1 aromatic heterocycles. The molecule has 1 aromatic rings. The van der Waals surface area contributed by atoms with Gasteiger partial charge in [0, 0.05) is 19.2 Å². The number of aryl methyl sites for hydroxylation is 1. The van der Waals surface area contributed by atoms with E-state index in [0.29, 0.717) is 0 Å². The molecular weight excluding hydrogens is 114 g/mol. The Bertz CT molecular complexity index is 212. The molecule has 3 heteroatoms. The van der Waals surface area contributed by atoms with Crippen LogP contribution in [0.15, 0.2) is 6.20 Å². The van der Waals surface area contributed by atoms with Gasteiger partial charge in [-0.15, -0.1) is 5.10 Å². The fourth-order valence-corrected chi connectivity index (χ4v) is 0.931. The van der Waals surface area contributed by atoms with Crippen LogP contribution < -0.4 is 0 Å². The molecule has 0 unspecified atom stereocenters. The summed E-state index contributed by atoms with van der Waals surface area (Å²) in [5.74, 6) is 0.735. The lowest BCUT2D eigenvalue weighted by atomic mass is 10.3. The van der Waals surface area contributed by atoms with E-state index in [0.717, 1.165) is 11.6 Å². The largest absolute Gasteiger partial charge is 0.255 e. The molecule has 1 fully saturated rings. The fourth-order valence-electron chi connectivity index (χ4n) is 0.931. The highest BCUT2D eigenvalue weighted by atomic mass is 15.4. The minimum absolute atomic E-state index is 0.735. The predicted octanol–water partition coefficient (Wildman–Crippen LogP) is 0.692. The highest BCUT2D eigenvalue weighted by Gasteiger charge is 2.25. The third kappa shape index (κ3) is 0.823. The summed E-state index contributed by atoms with van der Waals surface area (Å²) in [6.45, 7) is 0. The lowest BCUT2D eigenvalue weighted by molar-refractivity contribution is 0.713. The third-order valence-corrected chi connectivity index (χ3v) is 1.62. The van der Waals surface area contributed by atoms with Crippen LogP contribution in [0, 0.1) is 0 Å². The van der Waals surface area contributed by atoms with Gasteiger partial charge in [0.2, 0.25) is 0 Å². The van der Waals surface area contributed by atoms with Gasteiger partial charge in [0.25, 0.3) is 0 Å². The van der Waals surface area contributed by atoms with Crippen LogP contribution in [0.5, 0.6) is 0 Å². The maximum atomic E-state index is 3.99. The molecule has 0 aromatic carbocycles. The summed E-state index contributed by atoms with van der Waals surface area (Å²) in [6, 6.07) is 0. The maximum absolute atomic E-state index is 3.99. The van der Waals surface area contributed by atoms with E-state index >= 15 is 0 Å². The lowest BCUT2D eigenvalue weighted by Gasteiger charge is -1.80. The molecule has 1 heterocycles. The van der Waals surface area contributed by atoms with E-state index in [1.165, 1.54) is 12.8 Å². The van der Waals surface area contributed by atoms with E-state index in [4.69, 9.17) is 0 Å². The zero-order chi connectivity index (χ0) is 6.27. The Morgan fingerprint density at radius 2 is 2.44 bits per heavy atom. The SMILES string of the molecule is Cn1cc(C2CC2)nn1. The highest BCUT2D eigenvalue weighted by Crippen LogP contribution is 2.38. The summed E-state index contributed by atoms with van der Waals surface area (Å²) in [6.07, 6.45) is 4.61. The average Bonchev–Trinajstić information content (AvgIpc) is 2.58. The number of hydrogen-bond donors (Lipinski definition) is 0. The van der Waals surface area contributed by atoms with Crippen molar-refractivity contribution >= 4 is 0 Å². The second kappa shape index (κ2) is 1.56. The summed E-state index contributed by atoms with van der Waals surface area (Å²) in [4.78, 5) is 0. The summed E-state index contributed by atoms with van der Waals surface area (Å²) in [5, 5.41) is 7.84. The van der Waals surface area contributed by atoms with Crippen molar-refractivity contribution in [2.75, 3.05) is 0 Å². The molecule has 0 spiro atoms. The van der Waals surface area contributed by atoms with Gasteiger partial charge in [0.1, 0.15) is 0 Å². The summed E-state index contributed by atoms with van der Waals surface area (Å²) < 4.78 is 1.76. The topological polar surface area (TPSA) is 30.7 Å². The van der Waals surface area contributed by atoms with Crippen LogP contribution in [-0.2, 0) is 7.05 Å². The first-order valence-corrected chi connectivity index (χ1v) is 3.22. The van der Waals surface area contributed by atoms with Crippen molar-refractivity contribution in [3.8, 4) is 0 Å². The maximum Gasteiger partial charge on any atom is 0.0857 e. The first kappa shape index (κ1) is 4.97. The van der Waals surface area contributed by atoms with E-state index in [2.05, 4.69) is 10.3 Å². The van der Waals surface area contributed by atoms with Crippen LogP contribution >= 0.6 is 0 Å². The van der Waals surface area contributed by atoms with E-state index in [-0.39, 0.29) is 0 Å². The second-order valence-corrected chi connectivity index (χ2v) is 2.59. The Balaban J connectivity index is 2.28. The van der Waals surface area contributed by atoms with Crippen molar-refractivity contribution in [2.45, 2.75) is 18.8 Å². The van der Waals surface area contributed by atoms with Gasteiger partial charge in [0.05, 0.1) is 5.69 Å². The minimum Gasteiger partial charge on any atom is -0.255 e. The molecule has 2 rings (SSSR count). The quantitative estimate of drug-likeness (QED) is 0.550. The van der Waals surface area contributed by atoms with Crippen LogP contribution in [0.1, 0.15) is 24.5 Å². The molecule has 1 aliphatic carbocycles. The Hall–Kier alpha value is -0.860. The normalized spacial score (nSPS) is 18.3. The molecule has 0 aliphatic heterocycles. The molecule has 9 heavy (non-hydrogen) atoms. The molecule has 0 amide bonds. The van der Waals surface area contributed by atoms with Crippen molar-refractivity contribution in [1.82, 2.24) is 15.0 Å². The van der Waals surface area contributed by atoms with Crippen LogP contribution in [0.3, 0.4) is 0 Å². The van der Waals surface area contributed by atoms with Gasteiger partial charge in [-0.1, -0.05) is 5.21 Å². The molecule has 3 nitrogen and oxygen atoms in total. The zero-order valence-corrected chi connectivity index (χ0v) is 5.41. The van der Waals surface area contributed by atoms with Crippen LogP contribution in [0.25, 0.3) is 0 Å². The molecule has 0 N–H and O–H groups in total. The monoisotopic (exact) mass is 123 g/mol. The smallest absolute Gasteiger partial charge is 0.0857 e. The number of nitrogens with zero attached hydrogens (tertiary/aromatic N) is 3. The van der Waals surface area contributed by atoms with Gasteiger partial charge in [0.15, 0.2) is 0 Å². The van der Waals surface area contributed by atoms with Crippen molar-refractivity contribution < 1.29 is 0 Å². The Kier molecular flexibility index (Phi) is 0.860. The Morgan fingerprint density at radius 1 is 1.67 bits per heavy atom. The van der Waals surface area contributed by atoms with Crippen LogP contribution in [0.4, 0.5) is 0 Å². The van der Waals surface area contributed by atoms with Gasteiger partial charge < -0.3 is 0 Å². The average molecular weight is 123 g/mol. The number of aromatic nitrogens is 3. The summed E-state index contributed by atoms with van der Waals surface area (Å²) >= 11 is 0. The van der Waals surface area contributed by atoms with Gasteiger partial charge in [-0.25, -0.2) is 0 Å². The van der Waals surface area contributed by atoms with Crippen molar-refractivity contribution in [3.05, 3.63) is 11.9 Å². The summed E-state index contributed by atoms with van der Waals surface area (Å²) in [7, 11) is 1.90. The van der Waals surface area contributed by atoms with Gasteiger partial charge >= 0.3 is 0 Å². The lowest BCUT2D eigenvalue weighted by Crippen LogP contribution is -1.85. The molecule has 1 aliphatic rings. The predicted molar refractivity (Wildman–Crippen MR) is 33.0 cm³/mol. The van der Waals surface area contributed by atoms with Crippen molar-refractivity contribution in [3.63, 3.8) is 0 Å². The Morgan fingerprint density at radius 3 is 2.89 bits per heavy atom. The van der Waals surface area contributed by atoms with E-state index in [1.807, 2.05) is 13.2 Å². The van der Waals surface area contributed by atoms with Crippen LogP contribution in [0.2, 0.25) is 0 Å². The molecule has 0 bridgehead atoms. The standard InChI is InChI=1S/C6H9N3/c1-9-4-6(7-8-9)5-2-3-5/h4-5H,2-3H2,1H3. The summed E-state index contributed by atoms with van der Waals surface area (Å²) in [5.41, 5.74) is 1.16. The van der Waals surface area contributed by atoms with Gasteiger partial charge in [-0.2, -0.15) is 0 Å². The zero-order valence-electron chi connectivity index (χ0n) is 5.41. The second-order valence-electron chi connectivity index (χ2n) is 2.59. The molecule has 0 atom stereocenters. The number of rotatable bonds is 1. The van der Waals surface area contributed by atoms with E-state index in [9.17, 15) is 0 Å². The first-order chi connectivity index (χ1) is 4.36. The molecule has 0 radical (unpaired) electrons. The molecule has 48 valence electrons. The molecule has 1 saturated carbocycles. The van der Waals surface area contributed by atoms with E-state index in [1.54, 1.807) is 4.68 Å². The van der Waals surface area contributed by atoms with Crippen LogP contribution in [-0.4, -0.2) is 15.0 Å². The molecular formula is C6H9N3. The van der Waals surface area contributed by atoms with Crippen molar-refractivity contribution in [2.24, 2.45) is 7.05 Å². The van der Waals surface area contributed by atoms with E-state index < -0.39 is 0 Å². The minimum atomic E-state index is 0.735. The Labute approximate surface area is 53.7 Å².